The van der Waals surface area contributed by atoms with E-state index in [0.29, 0.717) is 33.4 Å². The summed E-state index contributed by atoms with van der Waals surface area (Å²) in [4.78, 5) is 18.4. The molecule has 2 aromatic carbocycles. The number of unbranched alkanes of at least 4 members (excludes halogenated alkanes) is 13. The molecule has 0 aliphatic carbocycles. The lowest BCUT2D eigenvalue weighted by molar-refractivity contribution is -0.121. The smallest absolute Gasteiger partial charge is 0.227 e. The summed E-state index contributed by atoms with van der Waals surface area (Å²) in [7, 11) is 0. The van der Waals surface area contributed by atoms with Gasteiger partial charge in [-0.25, -0.2) is 0 Å². The minimum absolute atomic E-state index is 0.0321. The SMILES string of the molecule is CCCCCCCCCCCCCCCCC(CCN1CCC(C(=O)Nc2ccc(Cl)c(Cl)c2)CC1)N1CCC(Nc2ccc(C#N)cc2)CC1. The Labute approximate surface area is 320 Å². The maximum atomic E-state index is 13.0. The Kier molecular flexibility index (Phi) is 19.6. The van der Waals surface area contributed by atoms with E-state index < -0.39 is 0 Å². The van der Waals surface area contributed by atoms with E-state index in [1.807, 2.05) is 30.3 Å². The normalized spacial score (nSPS) is 16.9. The van der Waals surface area contributed by atoms with Crippen LogP contribution in [0.15, 0.2) is 42.5 Å². The molecule has 2 heterocycles. The van der Waals surface area contributed by atoms with Crippen molar-refractivity contribution >= 4 is 40.5 Å². The molecule has 2 fully saturated rings. The molecule has 0 spiro atoms. The highest BCUT2D eigenvalue weighted by atomic mass is 35.5. The minimum atomic E-state index is 0.0321. The molecule has 0 radical (unpaired) electrons. The van der Waals surface area contributed by atoms with Crippen LogP contribution in [0.4, 0.5) is 11.4 Å². The van der Waals surface area contributed by atoms with Crippen LogP contribution in [-0.4, -0.2) is 60.5 Å². The fourth-order valence-electron chi connectivity index (χ4n) is 7.94. The van der Waals surface area contributed by atoms with Gasteiger partial charge in [-0.15, -0.1) is 0 Å². The quantitative estimate of drug-likeness (QED) is 0.111. The van der Waals surface area contributed by atoms with Crippen molar-refractivity contribution in [2.45, 2.75) is 147 Å². The topological polar surface area (TPSA) is 71.4 Å². The van der Waals surface area contributed by atoms with Gasteiger partial charge in [0.05, 0.1) is 21.7 Å². The van der Waals surface area contributed by atoms with Crippen LogP contribution in [0.25, 0.3) is 0 Å². The van der Waals surface area contributed by atoms with Crippen molar-refractivity contribution in [3.63, 3.8) is 0 Å². The molecule has 0 aromatic heterocycles. The number of anilines is 2. The summed E-state index contributed by atoms with van der Waals surface area (Å²) in [6.45, 7) is 7.61. The zero-order chi connectivity index (χ0) is 36.1. The van der Waals surface area contributed by atoms with Gasteiger partial charge in [0.15, 0.2) is 0 Å². The third-order valence-corrected chi connectivity index (χ3v) is 12.0. The second-order valence-corrected chi connectivity index (χ2v) is 16.0. The van der Waals surface area contributed by atoms with Crippen molar-refractivity contribution < 1.29 is 4.79 Å². The average molecular weight is 739 g/mol. The van der Waals surface area contributed by atoms with E-state index in [1.54, 1.807) is 12.1 Å². The third-order valence-electron chi connectivity index (χ3n) is 11.2. The molecule has 0 bridgehead atoms. The molecule has 2 saturated heterocycles. The van der Waals surface area contributed by atoms with Crippen molar-refractivity contribution in [1.82, 2.24) is 9.80 Å². The van der Waals surface area contributed by atoms with Gasteiger partial charge in [0.2, 0.25) is 5.91 Å². The molecule has 2 aliphatic heterocycles. The van der Waals surface area contributed by atoms with Crippen LogP contribution in [0.2, 0.25) is 10.0 Å². The molecule has 4 rings (SSSR count). The summed E-state index contributed by atoms with van der Waals surface area (Å²) in [5.74, 6) is 0.117. The van der Waals surface area contributed by atoms with Gasteiger partial charge in [-0.05, 0) is 101 Å². The van der Waals surface area contributed by atoms with E-state index >= 15 is 0 Å². The number of nitrogens with one attached hydrogen (secondary N) is 2. The van der Waals surface area contributed by atoms with Gasteiger partial charge < -0.3 is 20.4 Å². The van der Waals surface area contributed by atoms with Crippen LogP contribution in [0.1, 0.15) is 141 Å². The van der Waals surface area contributed by atoms with Crippen LogP contribution in [0.3, 0.4) is 0 Å². The third kappa shape index (κ3) is 15.7. The van der Waals surface area contributed by atoms with Crippen LogP contribution in [0, 0.1) is 17.2 Å². The van der Waals surface area contributed by atoms with Crippen molar-refractivity contribution in [2.75, 3.05) is 43.4 Å². The van der Waals surface area contributed by atoms with E-state index in [2.05, 4.69) is 33.4 Å². The van der Waals surface area contributed by atoms with E-state index in [4.69, 9.17) is 28.5 Å². The van der Waals surface area contributed by atoms with Gasteiger partial charge in [-0.3, -0.25) is 4.79 Å². The highest BCUT2D eigenvalue weighted by Crippen LogP contribution is 2.28. The predicted octanol–water partition coefficient (Wildman–Crippen LogP) is 11.7. The Bertz CT molecular complexity index is 1300. The number of nitrogens with zero attached hydrogens (tertiary/aromatic N) is 3. The Hall–Kier alpha value is -2.30. The Balaban J connectivity index is 1.16. The molecule has 1 amide bonds. The fourth-order valence-corrected chi connectivity index (χ4v) is 8.24. The molecule has 1 unspecified atom stereocenters. The lowest BCUT2D eigenvalue weighted by Crippen LogP contribution is -2.46. The first-order valence-electron chi connectivity index (χ1n) is 20.4. The first-order chi connectivity index (χ1) is 24.9. The molecule has 2 N–H and O–H groups in total. The maximum Gasteiger partial charge on any atom is 0.227 e. The summed E-state index contributed by atoms with van der Waals surface area (Å²) >= 11 is 12.2. The second kappa shape index (κ2) is 24.1. The summed E-state index contributed by atoms with van der Waals surface area (Å²) in [5, 5.41) is 16.8. The van der Waals surface area contributed by atoms with Crippen molar-refractivity contribution in [3.8, 4) is 6.07 Å². The number of carbonyl (C=O) groups excluding carboxylic acids is 1. The minimum Gasteiger partial charge on any atom is -0.382 e. The predicted molar refractivity (Wildman–Crippen MR) is 217 cm³/mol. The van der Waals surface area contributed by atoms with Crippen molar-refractivity contribution in [2.24, 2.45) is 5.92 Å². The molecule has 2 aromatic rings. The molecule has 6 nitrogen and oxygen atoms in total. The fraction of sp³-hybridized carbons (Fsp3) is 0.674. The molecule has 0 saturated carbocycles. The number of hydrogen-bond donors (Lipinski definition) is 2. The number of carbonyl (C=O) groups is 1. The van der Waals surface area contributed by atoms with Crippen LogP contribution >= 0.6 is 23.2 Å². The highest BCUT2D eigenvalue weighted by Gasteiger charge is 2.28. The monoisotopic (exact) mass is 737 g/mol. The Morgan fingerprint density at radius 1 is 0.745 bits per heavy atom. The van der Waals surface area contributed by atoms with E-state index in [-0.39, 0.29) is 11.8 Å². The van der Waals surface area contributed by atoms with Crippen molar-refractivity contribution in [3.05, 3.63) is 58.1 Å². The summed E-state index contributed by atoms with van der Waals surface area (Å²) < 4.78 is 0. The number of halogens is 2. The van der Waals surface area contributed by atoms with Gasteiger partial charge in [-0.2, -0.15) is 5.26 Å². The van der Waals surface area contributed by atoms with Gasteiger partial charge >= 0.3 is 0 Å². The lowest BCUT2D eigenvalue weighted by Gasteiger charge is -2.39. The summed E-state index contributed by atoms with van der Waals surface area (Å²) in [5.41, 5.74) is 2.53. The first-order valence-corrected chi connectivity index (χ1v) is 21.2. The number of benzene rings is 2. The molecule has 2 aliphatic rings. The molecule has 282 valence electrons. The van der Waals surface area contributed by atoms with E-state index in [9.17, 15) is 4.79 Å². The molecule has 51 heavy (non-hydrogen) atoms. The number of likely N-dealkylation sites (tertiary alicyclic amines) is 2. The van der Waals surface area contributed by atoms with Crippen LogP contribution in [0.5, 0.6) is 0 Å². The largest absolute Gasteiger partial charge is 0.382 e. The highest BCUT2D eigenvalue weighted by molar-refractivity contribution is 6.42. The molecule has 1 atom stereocenters. The van der Waals surface area contributed by atoms with Crippen LogP contribution < -0.4 is 10.6 Å². The number of hydrogen-bond acceptors (Lipinski definition) is 5. The number of nitriles is 1. The number of piperidine rings is 2. The molecular formula is C43H65Cl2N5O. The zero-order valence-corrected chi connectivity index (χ0v) is 33.0. The average Bonchev–Trinajstić information content (AvgIpc) is 3.15. The first kappa shape index (κ1) is 41.5. The maximum absolute atomic E-state index is 13.0. The Morgan fingerprint density at radius 3 is 1.88 bits per heavy atom. The lowest BCUT2D eigenvalue weighted by atomic mass is 9.94. The van der Waals surface area contributed by atoms with Gasteiger partial charge in [0.25, 0.3) is 0 Å². The standard InChI is InChI=1S/C43H65Cl2N5O/c1-2-3-4-5-6-7-8-9-10-11-12-13-14-15-16-40(50-31-25-38(26-32-50)47-37-19-17-35(34-46)18-20-37)27-30-49-28-23-36(24-29-49)43(51)48-39-21-22-41(44)42(45)33-39/h17-22,33,36,38,40,47H,2-16,23-32H2,1H3,(H,48,51). The number of amides is 1. The van der Waals surface area contributed by atoms with Gasteiger partial charge in [0, 0.05) is 42.5 Å². The van der Waals surface area contributed by atoms with Crippen molar-refractivity contribution in [1.29, 1.82) is 5.26 Å². The van der Waals surface area contributed by atoms with E-state index in [1.165, 1.54) is 103 Å². The number of rotatable bonds is 23. The summed E-state index contributed by atoms with van der Waals surface area (Å²) in [6.07, 6.45) is 26.1. The van der Waals surface area contributed by atoms with E-state index in [0.717, 1.165) is 64.1 Å². The van der Waals surface area contributed by atoms with Gasteiger partial charge in [-0.1, -0.05) is 120 Å². The van der Waals surface area contributed by atoms with Gasteiger partial charge in [0.1, 0.15) is 0 Å². The summed E-state index contributed by atoms with van der Waals surface area (Å²) in [6, 6.07) is 16.4. The molecular weight excluding hydrogens is 673 g/mol. The van der Waals surface area contributed by atoms with Crippen LogP contribution in [-0.2, 0) is 4.79 Å². The Morgan fingerprint density at radius 2 is 1.31 bits per heavy atom. The zero-order valence-electron chi connectivity index (χ0n) is 31.5. The second-order valence-electron chi connectivity index (χ2n) is 15.2. The molecule has 8 heteroatoms.